The van der Waals surface area contributed by atoms with E-state index in [1.54, 1.807) is 30.6 Å². The van der Waals surface area contributed by atoms with Gasteiger partial charge >= 0.3 is 0 Å². The van der Waals surface area contributed by atoms with Crippen molar-refractivity contribution in [1.82, 2.24) is 19.9 Å². The number of nitrogens with one attached hydrogen (secondary N) is 2. The van der Waals surface area contributed by atoms with Gasteiger partial charge < -0.3 is 14.7 Å². The van der Waals surface area contributed by atoms with Crippen LogP contribution < -0.4 is 4.74 Å². The number of rotatable bonds is 8. The van der Waals surface area contributed by atoms with Gasteiger partial charge in [-0.25, -0.2) is 9.97 Å². The van der Waals surface area contributed by atoms with Crippen molar-refractivity contribution in [3.8, 4) is 5.75 Å². The molecule has 198 valence electrons. The molecule has 0 amide bonds. The number of hydrogen-bond donors (Lipinski definition) is 2. The van der Waals surface area contributed by atoms with Crippen LogP contribution in [-0.2, 0) is 11.5 Å². The van der Waals surface area contributed by atoms with Gasteiger partial charge in [0.05, 0.1) is 29.2 Å². The van der Waals surface area contributed by atoms with Crippen LogP contribution in [0.3, 0.4) is 0 Å². The zero-order chi connectivity index (χ0) is 27.0. The Bertz CT molecular complexity index is 1560. The Kier molecular flexibility index (Phi) is 8.91. The van der Waals surface area contributed by atoms with Crippen LogP contribution in [0.1, 0.15) is 36.5 Å². The van der Waals surface area contributed by atoms with Crippen molar-refractivity contribution in [3.63, 3.8) is 0 Å². The number of nitrogens with zero attached hydrogens (tertiary/aromatic N) is 2. The fourth-order valence-electron chi connectivity index (χ4n) is 4.02. The Hall–Kier alpha value is -3.68. The number of para-hydroxylation sites is 4. The molecule has 7 heteroatoms. The minimum absolute atomic E-state index is 0.590. The van der Waals surface area contributed by atoms with Gasteiger partial charge in [0, 0.05) is 11.5 Å². The van der Waals surface area contributed by atoms with Crippen LogP contribution in [0.4, 0.5) is 0 Å². The predicted molar refractivity (Wildman–Crippen MR) is 165 cm³/mol. The van der Waals surface area contributed by atoms with Gasteiger partial charge in [0.2, 0.25) is 0 Å². The molecule has 0 saturated heterocycles. The van der Waals surface area contributed by atoms with Gasteiger partial charge in [0.15, 0.2) is 10.3 Å². The maximum Gasteiger partial charge on any atom is 0.166 e. The van der Waals surface area contributed by atoms with E-state index in [2.05, 4.69) is 76.2 Å². The van der Waals surface area contributed by atoms with Gasteiger partial charge in [-0.1, -0.05) is 98.0 Å². The molecule has 6 aromatic rings. The summed E-state index contributed by atoms with van der Waals surface area (Å²) in [5.41, 5.74) is 8.21. The molecule has 0 aliphatic carbocycles. The van der Waals surface area contributed by atoms with Gasteiger partial charge in [-0.3, -0.25) is 0 Å². The standard InChI is InChI=1S/C17H18N2S.C15H14N2OS/c1-12(2)14-9-7-13(8-10-14)11-20-17-18-15-5-3-4-6-16(15)19-17;1-18-12-8-6-11(7-9-12)10-19-15-16-13-4-2-3-5-14(13)17-15/h3-10,12H,11H2,1-2H3,(H,18,19);2-9H,10H2,1H3,(H,16,17). The molecule has 0 aliphatic heterocycles. The third-order valence-electron chi connectivity index (χ3n) is 6.29. The SMILES string of the molecule is CC(C)c1ccc(CSc2nc3ccccc3[nH]2)cc1.COc1ccc(CSc2nc3ccccc3[nH]2)cc1. The zero-order valence-corrected chi connectivity index (χ0v) is 24.0. The highest BCUT2D eigenvalue weighted by Gasteiger charge is 2.05. The second-order valence-corrected chi connectivity index (χ2v) is 11.4. The number of aromatic nitrogens is 4. The Morgan fingerprint density at radius 1 is 0.641 bits per heavy atom. The fraction of sp³-hybridized carbons (Fsp3) is 0.188. The molecule has 0 spiro atoms. The largest absolute Gasteiger partial charge is 0.497 e. The van der Waals surface area contributed by atoms with Crippen molar-refractivity contribution in [3.05, 3.63) is 114 Å². The van der Waals surface area contributed by atoms with Gasteiger partial charge in [0.25, 0.3) is 0 Å². The van der Waals surface area contributed by atoms with Gasteiger partial charge in [0.1, 0.15) is 5.75 Å². The first-order valence-electron chi connectivity index (χ1n) is 12.9. The average molecular weight is 553 g/mol. The molecule has 6 rings (SSSR count). The molecule has 39 heavy (non-hydrogen) atoms. The number of thioether (sulfide) groups is 2. The normalized spacial score (nSPS) is 11.1. The van der Waals surface area contributed by atoms with Crippen LogP contribution in [0, 0.1) is 0 Å². The smallest absolute Gasteiger partial charge is 0.166 e. The second kappa shape index (κ2) is 12.9. The molecule has 0 unspecified atom stereocenters. The molecule has 0 fully saturated rings. The van der Waals surface area contributed by atoms with Crippen molar-refractivity contribution in [2.24, 2.45) is 0 Å². The van der Waals surface area contributed by atoms with E-state index in [0.29, 0.717) is 5.92 Å². The number of hydrogen-bond acceptors (Lipinski definition) is 5. The van der Waals surface area contributed by atoms with E-state index in [4.69, 9.17) is 4.74 Å². The van der Waals surface area contributed by atoms with Crippen LogP contribution >= 0.6 is 23.5 Å². The minimum Gasteiger partial charge on any atom is -0.497 e. The van der Waals surface area contributed by atoms with E-state index in [1.165, 1.54) is 16.7 Å². The van der Waals surface area contributed by atoms with E-state index < -0.39 is 0 Å². The highest BCUT2D eigenvalue weighted by molar-refractivity contribution is 7.98. The number of aromatic amines is 2. The van der Waals surface area contributed by atoms with Crippen LogP contribution in [0.15, 0.2) is 107 Å². The van der Waals surface area contributed by atoms with E-state index >= 15 is 0 Å². The van der Waals surface area contributed by atoms with Crippen molar-refractivity contribution in [1.29, 1.82) is 0 Å². The van der Waals surface area contributed by atoms with Gasteiger partial charge in [-0.05, 0) is 59.0 Å². The summed E-state index contributed by atoms with van der Waals surface area (Å²) in [4.78, 5) is 15.8. The van der Waals surface area contributed by atoms with Crippen LogP contribution in [0.2, 0.25) is 0 Å². The Balaban J connectivity index is 0.000000158. The summed E-state index contributed by atoms with van der Waals surface area (Å²) in [7, 11) is 1.68. The number of ether oxygens (including phenoxy) is 1. The Labute approximate surface area is 237 Å². The lowest BCUT2D eigenvalue weighted by Crippen LogP contribution is -1.88. The Morgan fingerprint density at radius 3 is 1.54 bits per heavy atom. The number of benzene rings is 4. The third kappa shape index (κ3) is 7.25. The topological polar surface area (TPSA) is 66.6 Å². The molecule has 0 saturated carbocycles. The fourth-order valence-corrected chi connectivity index (χ4v) is 5.70. The third-order valence-corrected chi connectivity index (χ3v) is 8.18. The van der Waals surface area contributed by atoms with Gasteiger partial charge in [-0.2, -0.15) is 0 Å². The van der Waals surface area contributed by atoms with Crippen molar-refractivity contribution < 1.29 is 4.74 Å². The molecular formula is C32H32N4OS2. The average Bonchev–Trinajstić information content (AvgIpc) is 3.59. The summed E-state index contributed by atoms with van der Waals surface area (Å²) in [6.07, 6.45) is 0. The number of fused-ring (bicyclic) bond motifs is 2. The summed E-state index contributed by atoms with van der Waals surface area (Å²) >= 11 is 3.45. The monoisotopic (exact) mass is 552 g/mol. The molecule has 5 nitrogen and oxygen atoms in total. The summed E-state index contributed by atoms with van der Waals surface area (Å²) in [6, 6.07) is 33.2. The van der Waals surface area contributed by atoms with Gasteiger partial charge in [-0.15, -0.1) is 0 Å². The molecule has 2 aromatic heterocycles. The predicted octanol–water partition coefficient (Wildman–Crippen LogP) is 8.84. The lowest BCUT2D eigenvalue weighted by Gasteiger charge is -2.06. The lowest BCUT2D eigenvalue weighted by atomic mass is 10.0. The molecule has 4 aromatic carbocycles. The molecule has 0 atom stereocenters. The highest BCUT2D eigenvalue weighted by Crippen LogP contribution is 2.25. The molecule has 2 heterocycles. The number of methoxy groups -OCH3 is 1. The van der Waals surface area contributed by atoms with Crippen molar-refractivity contribution in [2.75, 3.05) is 7.11 Å². The van der Waals surface area contributed by atoms with E-state index in [1.807, 2.05) is 54.6 Å². The minimum atomic E-state index is 0.590. The molecule has 0 aliphatic rings. The van der Waals surface area contributed by atoms with E-state index in [-0.39, 0.29) is 0 Å². The maximum atomic E-state index is 5.15. The van der Waals surface area contributed by atoms with Crippen molar-refractivity contribution in [2.45, 2.75) is 41.6 Å². The molecule has 0 bridgehead atoms. The Morgan fingerprint density at radius 2 is 1.10 bits per heavy atom. The van der Waals surface area contributed by atoms with Crippen LogP contribution in [0.25, 0.3) is 22.1 Å². The first-order chi connectivity index (χ1) is 19.1. The molecule has 2 N–H and O–H groups in total. The van der Waals surface area contributed by atoms with E-state index in [0.717, 1.165) is 49.6 Å². The lowest BCUT2D eigenvalue weighted by molar-refractivity contribution is 0.414. The zero-order valence-electron chi connectivity index (χ0n) is 22.3. The quantitative estimate of drug-likeness (QED) is 0.185. The summed E-state index contributed by atoms with van der Waals surface area (Å²) in [5, 5.41) is 1.94. The number of H-pyrrole nitrogens is 2. The van der Waals surface area contributed by atoms with Crippen LogP contribution in [0.5, 0.6) is 5.75 Å². The van der Waals surface area contributed by atoms with Crippen molar-refractivity contribution >= 4 is 45.6 Å². The number of imidazole rings is 2. The summed E-state index contributed by atoms with van der Waals surface area (Å²) in [6.45, 7) is 4.44. The molecule has 0 radical (unpaired) electrons. The highest BCUT2D eigenvalue weighted by atomic mass is 32.2. The first-order valence-corrected chi connectivity index (χ1v) is 14.9. The molecular weight excluding hydrogens is 521 g/mol. The summed E-state index contributed by atoms with van der Waals surface area (Å²) in [5.74, 6) is 3.31. The first kappa shape index (κ1) is 26.9. The second-order valence-electron chi connectivity index (χ2n) is 9.44. The van der Waals surface area contributed by atoms with E-state index in [9.17, 15) is 0 Å². The van der Waals surface area contributed by atoms with Crippen LogP contribution in [-0.4, -0.2) is 27.0 Å². The maximum absolute atomic E-state index is 5.15. The summed E-state index contributed by atoms with van der Waals surface area (Å²) < 4.78 is 5.15.